The standard InChI is InChI=1S/C16H21N3O2/c1-3-17-15(16-18-9-10-19(16)4-2)14-11-20-12-7-5-6-8-13(12)21-14/h5-10,14-15,17H,3-4,11H2,1-2H3. The number of nitrogens with zero attached hydrogens (tertiary/aromatic N) is 2. The summed E-state index contributed by atoms with van der Waals surface area (Å²) in [6.07, 6.45) is 3.74. The maximum Gasteiger partial charge on any atom is 0.161 e. The minimum absolute atomic E-state index is 0.0123. The van der Waals surface area contributed by atoms with Gasteiger partial charge in [-0.2, -0.15) is 0 Å². The number of ether oxygens (including phenoxy) is 2. The second kappa shape index (κ2) is 6.18. The van der Waals surface area contributed by atoms with E-state index in [1.54, 1.807) is 0 Å². The van der Waals surface area contributed by atoms with Crippen molar-refractivity contribution in [3.8, 4) is 11.5 Å². The first-order valence-electron chi connectivity index (χ1n) is 7.46. The first-order valence-corrected chi connectivity index (χ1v) is 7.46. The van der Waals surface area contributed by atoms with Crippen LogP contribution in [-0.2, 0) is 6.54 Å². The molecular formula is C16H21N3O2. The molecule has 2 atom stereocenters. The number of aromatic nitrogens is 2. The lowest BCUT2D eigenvalue weighted by molar-refractivity contribution is 0.0588. The lowest BCUT2D eigenvalue weighted by Crippen LogP contribution is -2.43. The zero-order chi connectivity index (χ0) is 14.7. The number of imidazole rings is 1. The summed E-state index contributed by atoms with van der Waals surface area (Å²) in [5.41, 5.74) is 0. The van der Waals surface area contributed by atoms with E-state index in [0.717, 1.165) is 30.4 Å². The fourth-order valence-electron chi connectivity index (χ4n) is 2.68. The van der Waals surface area contributed by atoms with Crippen molar-refractivity contribution < 1.29 is 9.47 Å². The molecule has 5 heteroatoms. The molecule has 2 aromatic rings. The third kappa shape index (κ3) is 2.74. The van der Waals surface area contributed by atoms with Crippen molar-refractivity contribution in [1.29, 1.82) is 0 Å². The van der Waals surface area contributed by atoms with Crippen LogP contribution in [0.2, 0.25) is 0 Å². The molecule has 21 heavy (non-hydrogen) atoms. The van der Waals surface area contributed by atoms with Crippen LogP contribution in [0, 0.1) is 0 Å². The molecule has 3 rings (SSSR count). The average molecular weight is 287 g/mol. The van der Waals surface area contributed by atoms with Crippen LogP contribution in [0.1, 0.15) is 25.7 Å². The first kappa shape index (κ1) is 13.9. The molecule has 0 radical (unpaired) electrons. The van der Waals surface area contributed by atoms with Crippen molar-refractivity contribution in [2.45, 2.75) is 32.5 Å². The molecule has 0 amide bonds. The van der Waals surface area contributed by atoms with Crippen molar-refractivity contribution >= 4 is 0 Å². The minimum Gasteiger partial charge on any atom is -0.486 e. The summed E-state index contributed by atoms with van der Waals surface area (Å²) in [5, 5.41) is 3.47. The highest BCUT2D eigenvalue weighted by molar-refractivity contribution is 5.41. The summed E-state index contributed by atoms with van der Waals surface area (Å²) in [4.78, 5) is 4.50. The lowest BCUT2D eigenvalue weighted by atomic mass is 10.1. The Hall–Kier alpha value is -2.01. The highest BCUT2D eigenvalue weighted by Crippen LogP contribution is 2.34. The Morgan fingerprint density at radius 2 is 2.14 bits per heavy atom. The molecule has 112 valence electrons. The number of para-hydroxylation sites is 2. The molecule has 5 nitrogen and oxygen atoms in total. The van der Waals surface area contributed by atoms with E-state index in [-0.39, 0.29) is 12.1 Å². The fourth-order valence-corrected chi connectivity index (χ4v) is 2.68. The van der Waals surface area contributed by atoms with Crippen molar-refractivity contribution in [2.24, 2.45) is 0 Å². The van der Waals surface area contributed by atoms with E-state index < -0.39 is 0 Å². The van der Waals surface area contributed by atoms with Gasteiger partial charge in [0.1, 0.15) is 18.5 Å². The Bertz CT molecular complexity index is 597. The van der Waals surface area contributed by atoms with Gasteiger partial charge in [-0.25, -0.2) is 4.98 Å². The summed E-state index contributed by atoms with van der Waals surface area (Å²) in [5.74, 6) is 2.60. The van der Waals surface area contributed by atoms with Gasteiger partial charge in [0.25, 0.3) is 0 Å². The third-order valence-electron chi connectivity index (χ3n) is 3.69. The van der Waals surface area contributed by atoms with Gasteiger partial charge in [0, 0.05) is 18.9 Å². The second-order valence-corrected chi connectivity index (χ2v) is 5.02. The largest absolute Gasteiger partial charge is 0.486 e. The first-order chi connectivity index (χ1) is 10.3. The summed E-state index contributed by atoms with van der Waals surface area (Å²) in [7, 11) is 0. The van der Waals surface area contributed by atoms with Crippen LogP contribution in [0.5, 0.6) is 11.5 Å². The predicted molar refractivity (Wildman–Crippen MR) is 80.7 cm³/mol. The van der Waals surface area contributed by atoms with Crippen LogP contribution in [0.15, 0.2) is 36.7 Å². The van der Waals surface area contributed by atoms with Gasteiger partial charge in [-0.3, -0.25) is 0 Å². The molecule has 0 saturated heterocycles. The Kier molecular flexibility index (Phi) is 4.10. The summed E-state index contributed by atoms with van der Waals surface area (Å²) >= 11 is 0. The molecule has 2 heterocycles. The Morgan fingerprint density at radius 1 is 1.33 bits per heavy atom. The monoisotopic (exact) mass is 287 g/mol. The number of fused-ring (bicyclic) bond motifs is 1. The van der Waals surface area contributed by atoms with Gasteiger partial charge in [-0.15, -0.1) is 0 Å². The highest BCUT2D eigenvalue weighted by atomic mass is 16.6. The molecule has 1 aromatic carbocycles. The zero-order valence-electron chi connectivity index (χ0n) is 12.5. The van der Waals surface area contributed by atoms with E-state index in [1.165, 1.54) is 0 Å². The third-order valence-corrected chi connectivity index (χ3v) is 3.69. The molecule has 0 bridgehead atoms. The molecule has 1 aliphatic rings. The van der Waals surface area contributed by atoms with Crippen LogP contribution < -0.4 is 14.8 Å². The molecule has 1 N–H and O–H groups in total. The SMILES string of the molecule is CCNC(c1nccn1CC)C1COc2ccccc2O1. The summed E-state index contributed by atoms with van der Waals surface area (Å²) < 4.78 is 14.1. The molecular weight excluding hydrogens is 266 g/mol. The fraction of sp³-hybridized carbons (Fsp3) is 0.438. The summed E-state index contributed by atoms with van der Waals surface area (Å²) in [6, 6.07) is 7.80. The topological polar surface area (TPSA) is 48.3 Å². The van der Waals surface area contributed by atoms with Gasteiger partial charge in [0.05, 0.1) is 0 Å². The van der Waals surface area contributed by atoms with Crippen LogP contribution in [0.25, 0.3) is 0 Å². The van der Waals surface area contributed by atoms with Gasteiger partial charge in [0.2, 0.25) is 0 Å². The number of hydrogen-bond donors (Lipinski definition) is 1. The van der Waals surface area contributed by atoms with E-state index in [0.29, 0.717) is 6.61 Å². The molecule has 1 aromatic heterocycles. The molecule has 2 unspecified atom stereocenters. The van der Waals surface area contributed by atoms with E-state index in [4.69, 9.17) is 9.47 Å². The van der Waals surface area contributed by atoms with Crippen LogP contribution >= 0.6 is 0 Å². The van der Waals surface area contributed by atoms with Gasteiger partial charge in [0.15, 0.2) is 17.6 Å². The lowest BCUT2D eigenvalue weighted by Gasteiger charge is -2.32. The molecule has 1 aliphatic heterocycles. The normalized spacial score (nSPS) is 18.5. The van der Waals surface area contributed by atoms with Crippen LogP contribution in [0.3, 0.4) is 0 Å². The number of rotatable bonds is 5. The van der Waals surface area contributed by atoms with E-state index in [9.17, 15) is 0 Å². The summed E-state index contributed by atoms with van der Waals surface area (Å²) in [6.45, 7) is 6.46. The quantitative estimate of drug-likeness (QED) is 0.917. The maximum atomic E-state index is 6.13. The highest BCUT2D eigenvalue weighted by Gasteiger charge is 2.32. The Labute approximate surface area is 124 Å². The van der Waals surface area contributed by atoms with Crippen molar-refractivity contribution in [1.82, 2.24) is 14.9 Å². The van der Waals surface area contributed by atoms with Gasteiger partial charge >= 0.3 is 0 Å². The Balaban J connectivity index is 1.86. The van der Waals surface area contributed by atoms with Crippen molar-refractivity contribution in [3.63, 3.8) is 0 Å². The van der Waals surface area contributed by atoms with Gasteiger partial charge in [-0.1, -0.05) is 19.1 Å². The Morgan fingerprint density at radius 3 is 2.90 bits per heavy atom. The minimum atomic E-state index is -0.0902. The number of likely N-dealkylation sites (N-methyl/N-ethyl adjacent to an activating group) is 1. The van der Waals surface area contributed by atoms with E-state index in [1.807, 2.05) is 36.7 Å². The number of benzene rings is 1. The maximum absolute atomic E-state index is 6.13. The molecule has 0 spiro atoms. The number of aryl methyl sites for hydroxylation is 1. The average Bonchev–Trinajstić information content (AvgIpc) is 3.00. The van der Waals surface area contributed by atoms with E-state index >= 15 is 0 Å². The van der Waals surface area contributed by atoms with Crippen LogP contribution in [0.4, 0.5) is 0 Å². The molecule has 0 saturated carbocycles. The van der Waals surface area contributed by atoms with Crippen molar-refractivity contribution in [2.75, 3.05) is 13.2 Å². The zero-order valence-corrected chi connectivity index (χ0v) is 12.5. The molecule has 0 fully saturated rings. The molecule has 0 aliphatic carbocycles. The van der Waals surface area contributed by atoms with Crippen molar-refractivity contribution in [3.05, 3.63) is 42.5 Å². The van der Waals surface area contributed by atoms with Gasteiger partial charge < -0.3 is 19.4 Å². The number of hydrogen-bond acceptors (Lipinski definition) is 4. The smallest absolute Gasteiger partial charge is 0.161 e. The predicted octanol–water partition coefficient (Wildman–Crippen LogP) is 2.39. The second-order valence-electron chi connectivity index (χ2n) is 5.02. The van der Waals surface area contributed by atoms with Gasteiger partial charge in [-0.05, 0) is 25.6 Å². The van der Waals surface area contributed by atoms with Crippen LogP contribution in [-0.4, -0.2) is 28.8 Å². The van der Waals surface area contributed by atoms with E-state index in [2.05, 4.69) is 28.7 Å². The number of nitrogens with one attached hydrogen (secondary N) is 1.